The lowest BCUT2D eigenvalue weighted by molar-refractivity contribution is 0.142. The summed E-state index contributed by atoms with van der Waals surface area (Å²) in [6.45, 7) is 6.68. The molecule has 4 aromatic rings. The van der Waals surface area contributed by atoms with Crippen molar-refractivity contribution in [3.8, 4) is 6.07 Å². The van der Waals surface area contributed by atoms with Gasteiger partial charge in [-0.25, -0.2) is 4.98 Å². The molecule has 2 saturated heterocycles. The average molecular weight is 484 g/mol. The second kappa shape index (κ2) is 8.38. The Hall–Kier alpha value is -3.83. The monoisotopic (exact) mass is 483 g/mol. The maximum absolute atomic E-state index is 13.2. The number of hydrogen-bond donors (Lipinski definition) is 1. The first-order chi connectivity index (χ1) is 17.3. The highest BCUT2D eigenvalue weighted by Crippen LogP contribution is 2.38. The van der Waals surface area contributed by atoms with Gasteiger partial charge in [0.25, 0.3) is 5.56 Å². The first-order valence-corrected chi connectivity index (χ1v) is 12.5. The number of aliphatic hydroxyl groups excluding tert-OH is 1. The zero-order chi connectivity index (χ0) is 25.1. The molecule has 1 N–H and O–H groups in total. The van der Waals surface area contributed by atoms with Crippen molar-refractivity contribution in [2.75, 3.05) is 36.0 Å². The molecule has 0 aliphatic carbocycles. The fourth-order valence-electron chi connectivity index (χ4n) is 5.67. The molecule has 36 heavy (non-hydrogen) atoms. The number of piperidine rings is 1. The lowest BCUT2D eigenvalue weighted by Crippen LogP contribution is -2.51. The van der Waals surface area contributed by atoms with E-state index in [1.807, 2.05) is 38.1 Å². The van der Waals surface area contributed by atoms with Crippen molar-refractivity contribution in [3.63, 3.8) is 0 Å². The SMILES string of the molecule is Cc1ccc2oc(C3CCN(c4c(C#N)c(=O)n(C)c5cc(N6CC(O)C6)c(C)cc45)CC3)nc2c1. The van der Waals surface area contributed by atoms with E-state index in [-0.39, 0.29) is 23.1 Å². The summed E-state index contributed by atoms with van der Waals surface area (Å²) in [5.74, 6) is 0.963. The van der Waals surface area contributed by atoms with Gasteiger partial charge in [0.2, 0.25) is 0 Å². The Morgan fingerprint density at radius 2 is 1.86 bits per heavy atom. The molecule has 0 spiro atoms. The highest BCUT2D eigenvalue weighted by Gasteiger charge is 2.30. The summed E-state index contributed by atoms with van der Waals surface area (Å²) in [6.07, 6.45) is 1.35. The highest BCUT2D eigenvalue weighted by atomic mass is 16.3. The fourth-order valence-corrected chi connectivity index (χ4v) is 5.67. The smallest absolute Gasteiger partial charge is 0.270 e. The van der Waals surface area contributed by atoms with Crippen LogP contribution in [0.5, 0.6) is 0 Å². The number of fused-ring (bicyclic) bond motifs is 2. The molecule has 0 atom stereocenters. The molecule has 4 heterocycles. The molecule has 2 aromatic heterocycles. The second-order valence-corrected chi connectivity index (χ2v) is 10.2. The summed E-state index contributed by atoms with van der Waals surface area (Å²) in [7, 11) is 1.72. The Kier molecular flexibility index (Phi) is 5.27. The summed E-state index contributed by atoms with van der Waals surface area (Å²) in [6, 6.07) is 12.3. The van der Waals surface area contributed by atoms with Crippen LogP contribution in [0.25, 0.3) is 22.0 Å². The van der Waals surface area contributed by atoms with Gasteiger partial charge in [-0.3, -0.25) is 4.79 Å². The van der Waals surface area contributed by atoms with Crippen LogP contribution in [-0.4, -0.2) is 46.9 Å². The van der Waals surface area contributed by atoms with Crippen molar-refractivity contribution in [2.45, 2.75) is 38.7 Å². The summed E-state index contributed by atoms with van der Waals surface area (Å²) in [4.78, 5) is 22.3. The van der Waals surface area contributed by atoms with E-state index < -0.39 is 0 Å². The number of rotatable bonds is 3. The minimum atomic E-state index is -0.313. The van der Waals surface area contributed by atoms with E-state index >= 15 is 0 Å². The number of aromatic nitrogens is 2. The molecular formula is C28H29N5O3. The minimum Gasteiger partial charge on any atom is -0.440 e. The van der Waals surface area contributed by atoms with Gasteiger partial charge in [-0.1, -0.05) is 6.07 Å². The molecule has 2 fully saturated rings. The van der Waals surface area contributed by atoms with Crippen molar-refractivity contribution in [1.82, 2.24) is 9.55 Å². The summed E-state index contributed by atoms with van der Waals surface area (Å²) in [5.41, 5.74) is 6.36. The van der Waals surface area contributed by atoms with E-state index in [2.05, 4.69) is 21.9 Å². The van der Waals surface area contributed by atoms with E-state index in [4.69, 9.17) is 9.40 Å². The van der Waals surface area contributed by atoms with Gasteiger partial charge < -0.3 is 23.9 Å². The van der Waals surface area contributed by atoms with Gasteiger partial charge in [0.15, 0.2) is 11.5 Å². The van der Waals surface area contributed by atoms with Crippen LogP contribution in [0.1, 0.15) is 41.3 Å². The Labute approximate surface area is 209 Å². The number of nitriles is 1. The summed E-state index contributed by atoms with van der Waals surface area (Å²) < 4.78 is 7.64. The van der Waals surface area contributed by atoms with Crippen molar-refractivity contribution in [2.24, 2.45) is 7.05 Å². The molecule has 184 valence electrons. The maximum Gasteiger partial charge on any atom is 0.270 e. The van der Waals surface area contributed by atoms with Gasteiger partial charge >= 0.3 is 0 Å². The molecule has 0 radical (unpaired) electrons. The Morgan fingerprint density at radius 1 is 1.11 bits per heavy atom. The van der Waals surface area contributed by atoms with Crippen LogP contribution in [0, 0.1) is 25.2 Å². The Bertz CT molecular complexity index is 1600. The fraction of sp³-hybridized carbons (Fsp3) is 0.393. The maximum atomic E-state index is 13.2. The van der Waals surface area contributed by atoms with Crippen LogP contribution in [0.2, 0.25) is 0 Å². The lowest BCUT2D eigenvalue weighted by atomic mass is 9.94. The Morgan fingerprint density at radius 3 is 2.56 bits per heavy atom. The van der Waals surface area contributed by atoms with Crippen LogP contribution in [0.4, 0.5) is 11.4 Å². The molecule has 0 amide bonds. The zero-order valence-corrected chi connectivity index (χ0v) is 20.8. The number of hydrogen-bond acceptors (Lipinski definition) is 7. The van der Waals surface area contributed by atoms with Crippen molar-refractivity contribution in [3.05, 3.63) is 63.3 Å². The number of β-amino-alcohol motifs (C(OH)–C–C–N with tert-alkyl or cyclic N) is 1. The summed E-state index contributed by atoms with van der Waals surface area (Å²) >= 11 is 0. The van der Waals surface area contributed by atoms with Crippen LogP contribution in [0.15, 0.2) is 39.5 Å². The summed E-state index contributed by atoms with van der Waals surface area (Å²) in [5, 5.41) is 20.7. The van der Waals surface area contributed by atoms with Crippen LogP contribution in [0.3, 0.4) is 0 Å². The van der Waals surface area contributed by atoms with Crippen molar-refractivity contribution in [1.29, 1.82) is 5.26 Å². The van der Waals surface area contributed by atoms with Gasteiger partial charge in [0.1, 0.15) is 17.1 Å². The molecule has 2 aliphatic heterocycles. The standard InChI is InChI=1S/C28H29N5O3/c1-16-4-5-25-22(10-16)30-27(36-25)18-6-8-32(9-7-18)26-20-11-17(2)23(33-14-19(34)15-33)12-24(20)31(3)28(35)21(26)13-29/h4-5,10-12,18-19,34H,6-9,14-15H2,1-3H3. The normalized spacial score (nSPS) is 17.1. The number of pyridine rings is 1. The van der Waals surface area contributed by atoms with E-state index in [1.165, 1.54) is 0 Å². The third kappa shape index (κ3) is 3.54. The number of anilines is 2. The predicted octanol–water partition coefficient (Wildman–Crippen LogP) is 3.73. The molecule has 0 unspecified atom stereocenters. The van der Waals surface area contributed by atoms with E-state index in [9.17, 15) is 15.2 Å². The zero-order valence-electron chi connectivity index (χ0n) is 20.8. The lowest BCUT2D eigenvalue weighted by Gasteiger charge is -2.39. The van der Waals surface area contributed by atoms with E-state index in [0.29, 0.717) is 26.2 Å². The molecular weight excluding hydrogens is 454 g/mol. The molecule has 2 aliphatic rings. The molecule has 8 nitrogen and oxygen atoms in total. The van der Waals surface area contributed by atoms with Gasteiger partial charge in [-0.2, -0.15) is 5.26 Å². The number of aliphatic hydroxyl groups is 1. The molecule has 2 aromatic carbocycles. The number of oxazole rings is 1. The quantitative estimate of drug-likeness (QED) is 0.474. The largest absolute Gasteiger partial charge is 0.440 e. The van der Waals surface area contributed by atoms with Gasteiger partial charge in [-0.05, 0) is 62.1 Å². The third-order valence-corrected chi connectivity index (χ3v) is 7.72. The van der Waals surface area contributed by atoms with Crippen LogP contribution in [-0.2, 0) is 7.05 Å². The second-order valence-electron chi connectivity index (χ2n) is 10.2. The topological polar surface area (TPSA) is 98.5 Å². The number of benzene rings is 2. The first kappa shape index (κ1) is 22.6. The number of aryl methyl sites for hydroxylation is 3. The minimum absolute atomic E-state index is 0.187. The number of nitrogens with zero attached hydrogens (tertiary/aromatic N) is 5. The van der Waals surface area contributed by atoms with Crippen molar-refractivity contribution >= 4 is 33.4 Å². The Balaban J connectivity index is 1.36. The molecule has 0 saturated carbocycles. The van der Waals surface area contributed by atoms with Crippen LogP contribution >= 0.6 is 0 Å². The van der Waals surface area contributed by atoms with Gasteiger partial charge in [0, 0.05) is 50.2 Å². The first-order valence-electron chi connectivity index (χ1n) is 12.5. The molecule has 6 rings (SSSR count). The van der Waals surface area contributed by atoms with E-state index in [1.54, 1.807) is 11.6 Å². The van der Waals surface area contributed by atoms with Gasteiger partial charge in [0.05, 0.1) is 17.3 Å². The molecule has 8 heteroatoms. The van der Waals surface area contributed by atoms with Gasteiger partial charge in [-0.15, -0.1) is 0 Å². The van der Waals surface area contributed by atoms with E-state index in [0.717, 1.165) is 63.2 Å². The predicted molar refractivity (Wildman–Crippen MR) is 140 cm³/mol. The third-order valence-electron chi connectivity index (χ3n) is 7.72. The van der Waals surface area contributed by atoms with Crippen molar-refractivity contribution < 1.29 is 9.52 Å². The average Bonchev–Trinajstić information content (AvgIpc) is 3.27. The molecule has 0 bridgehead atoms. The highest BCUT2D eigenvalue weighted by molar-refractivity contribution is 5.97. The van der Waals surface area contributed by atoms with Crippen LogP contribution < -0.4 is 15.4 Å².